The van der Waals surface area contributed by atoms with Gasteiger partial charge >= 0.3 is 0 Å². The summed E-state index contributed by atoms with van der Waals surface area (Å²) in [7, 11) is 0. The zero-order valence-corrected chi connectivity index (χ0v) is 11.0. The Morgan fingerprint density at radius 3 is 2.57 bits per heavy atom. The average molecular weight is 287 g/mol. The Balaban J connectivity index is 2.01. The fraction of sp³-hybridized carbons (Fsp3) is 0.286. The van der Waals surface area contributed by atoms with Gasteiger partial charge < -0.3 is 5.73 Å². The fourth-order valence-electron chi connectivity index (χ4n) is 2.70. The van der Waals surface area contributed by atoms with Crippen LogP contribution >= 0.6 is 0 Å². The minimum Gasteiger partial charge on any atom is -0.316 e. The highest BCUT2D eigenvalue weighted by atomic mass is 16.2. The lowest BCUT2D eigenvalue weighted by Gasteiger charge is -2.36. The van der Waals surface area contributed by atoms with Crippen molar-refractivity contribution in [2.75, 3.05) is 0 Å². The molecule has 0 saturated carbocycles. The quantitative estimate of drug-likeness (QED) is 0.675. The summed E-state index contributed by atoms with van der Waals surface area (Å²) in [4.78, 5) is 48.8. The zero-order valence-electron chi connectivity index (χ0n) is 11.0. The summed E-state index contributed by atoms with van der Waals surface area (Å²) in [6.45, 7) is 0. The number of benzene rings is 1. The van der Waals surface area contributed by atoms with Crippen LogP contribution in [0.2, 0.25) is 0 Å². The largest absolute Gasteiger partial charge is 0.316 e. The van der Waals surface area contributed by atoms with Gasteiger partial charge in [0.05, 0.1) is 0 Å². The Morgan fingerprint density at radius 2 is 1.86 bits per heavy atom. The number of nitrogens with one attached hydrogen (secondary N) is 1. The SMILES string of the molecule is NC1C(=O)N(C2CCC(=O)NC2=O)C(=O)c2ccccc21. The highest BCUT2D eigenvalue weighted by Gasteiger charge is 2.44. The van der Waals surface area contributed by atoms with E-state index in [1.54, 1.807) is 24.3 Å². The molecule has 0 spiro atoms. The lowest BCUT2D eigenvalue weighted by Crippen LogP contribution is -2.59. The first-order chi connectivity index (χ1) is 10.0. The van der Waals surface area contributed by atoms with E-state index in [1.807, 2.05) is 0 Å². The third-order valence-corrected chi connectivity index (χ3v) is 3.77. The van der Waals surface area contributed by atoms with E-state index in [0.717, 1.165) is 4.90 Å². The summed E-state index contributed by atoms with van der Waals surface area (Å²) < 4.78 is 0. The van der Waals surface area contributed by atoms with Crippen LogP contribution in [-0.4, -0.2) is 34.6 Å². The van der Waals surface area contributed by atoms with Gasteiger partial charge in [-0.15, -0.1) is 0 Å². The fourth-order valence-corrected chi connectivity index (χ4v) is 2.70. The van der Waals surface area contributed by atoms with Gasteiger partial charge in [0.25, 0.3) is 11.8 Å². The summed E-state index contributed by atoms with van der Waals surface area (Å²) in [5.74, 6) is -2.21. The normalized spacial score (nSPS) is 25.7. The van der Waals surface area contributed by atoms with Crippen molar-refractivity contribution in [1.29, 1.82) is 0 Å². The van der Waals surface area contributed by atoms with Crippen molar-refractivity contribution < 1.29 is 19.2 Å². The van der Waals surface area contributed by atoms with E-state index in [2.05, 4.69) is 5.32 Å². The molecule has 1 aromatic rings. The second-order valence-corrected chi connectivity index (χ2v) is 5.05. The smallest absolute Gasteiger partial charge is 0.261 e. The third kappa shape index (κ3) is 2.02. The topological polar surface area (TPSA) is 110 Å². The molecular weight excluding hydrogens is 274 g/mol. The molecule has 0 aliphatic carbocycles. The van der Waals surface area contributed by atoms with Crippen molar-refractivity contribution in [3.8, 4) is 0 Å². The van der Waals surface area contributed by atoms with Gasteiger partial charge in [-0.1, -0.05) is 18.2 Å². The van der Waals surface area contributed by atoms with Gasteiger partial charge in [-0.25, -0.2) is 0 Å². The Bertz CT molecular complexity index is 670. The van der Waals surface area contributed by atoms with Crippen molar-refractivity contribution in [3.63, 3.8) is 0 Å². The lowest BCUT2D eigenvalue weighted by atomic mass is 9.92. The van der Waals surface area contributed by atoms with Gasteiger partial charge in [0, 0.05) is 12.0 Å². The molecule has 2 atom stereocenters. The number of imide groups is 2. The van der Waals surface area contributed by atoms with Crippen molar-refractivity contribution in [1.82, 2.24) is 10.2 Å². The standard InChI is InChI=1S/C14H13N3O4/c15-11-7-3-1-2-4-8(7)13(20)17(14(11)21)9-5-6-10(18)16-12(9)19/h1-4,9,11H,5-6,15H2,(H,16,18,19). The molecule has 2 aliphatic rings. The Labute approximate surface area is 120 Å². The summed E-state index contributed by atoms with van der Waals surface area (Å²) in [6.07, 6.45) is 0.210. The number of nitrogens with zero attached hydrogens (tertiary/aromatic N) is 1. The summed E-state index contributed by atoms with van der Waals surface area (Å²) in [5, 5.41) is 2.14. The van der Waals surface area contributed by atoms with Gasteiger partial charge in [0.15, 0.2) is 0 Å². The maximum atomic E-state index is 12.5. The minimum absolute atomic E-state index is 0.0877. The summed E-state index contributed by atoms with van der Waals surface area (Å²) in [6, 6.07) is 4.59. The molecule has 1 saturated heterocycles. The van der Waals surface area contributed by atoms with E-state index in [0.29, 0.717) is 11.1 Å². The van der Waals surface area contributed by atoms with Crippen LogP contribution in [0.25, 0.3) is 0 Å². The predicted molar refractivity (Wildman–Crippen MR) is 70.7 cm³/mol. The van der Waals surface area contributed by atoms with E-state index >= 15 is 0 Å². The van der Waals surface area contributed by atoms with Crippen LogP contribution in [-0.2, 0) is 14.4 Å². The molecule has 3 N–H and O–H groups in total. The van der Waals surface area contributed by atoms with E-state index in [-0.39, 0.29) is 12.8 Å². The molecule has 0 radical (unpaired) electrons. The molecule has 2 unspecified atom stereocenters. The first-order valence-corrected chi connectivity index (χ1v) is 6.56. The molecule has 7 heteroatoms. The molecule has 1 aromatic carbocycles. The molecule has 4 amide bonds. The number of hydrogen-bond acceptors (Lipinski definition) is 5. The predicted octanol–water partition coefficient (Wildman–Crippen LogP) is -0.526. The molecular formula is C14H13N3O4. The van der Waals surface area contributed by atoms with Crippen LogP contribution in [0.4, 0.5) is 0 Å². The molecule has 0 bridgehead atoms. The van der Waals surface area contributed by atoms with Crippen LogP contribution in [0, 0.1) is 0 Å². The average Bonchev–Trinajstić information content (AvgIpc) is 2.47. The van der Waals surface area contributed by atoms with Gasteiger partial charge in [0.1, 0.15) is 12.1 Å². The molecule has 2 heterocycles. The Kier molecular flexibility index (Phi) is 3.06. The van der Waals surface area contributed by atoms with E-state index in [1.165, 1.54) is 0 Å². The number of carbonyl (C=O) groups excluding carboxylic acids is 4. The molecule has 0 aromatic heterocycles. The molecule has 2 aliphatic heterocycles. The van der Waals surface area contributed by atoms with E-state index < -0.39 is 35.7 Å². The first-order valence-electron chi connectivity index (χ1n) is 6.56. The Morgan fingerprint density at radius 1 is 1.14 bits per heavy atom. The van der Waals surface area contributed by atoms with Crippen molar-refractivity contribution >= 4 is 23.6 Å². The number of carbonyl (C=O) groups is 4. The maximum absolute atomic E-state index is 12.5. The maximum Gasteiger partial charge on any atom is 0.261 e. The number of piperidine rings is 1. The molecule has 7 nitrogen and oxygen atoms in total. The molecule has 108 valence electrons. The minimum atomic E-state index is -0.984. The lowest BCUT2D eigenvalue weighted by molar-refractivity contribution is -0.144. The number of rotatable bonds is 1. The van der Waals surface area contributed by atoms with Crippen molar-refractivity contribution in [3.05, 3.63) is 35.4 Å². The van der Waals surface area contributed by atoms with Crippen molar-refractivity contribution in [2.24, 2.45) is 5.73 Å². The third-order valence-electron chi connectivity index (χ3n) is 3.77. The monoisotopic (exact) mass is 287 g/mol. The zero-order chi connectivity index (χ0) is 15.1. The second-order valence-electron chi connectivity index (χ2n) is 5.05. The van der Waals surface area contributed by atoms with Gasteiger partial charge in [0.2, 0.25) is 11.8 Å². The van der Waals surface area contributed by atoms with Crippen LogP contribution < -0.4 is 11.1 Å². The second kappa shape index (κ2) is 4.78. The Hall–Kier alpha value is -2.54. The van der Waals surface area contributed by atoms with Gasteiger partial charge in [-0.05, 0) is 18.1 Å². The molecule has 3 rings (SSSR count). The molecule has 21 heavy (non-hydrogen) atoms. The van der Waals surface area contributed by atoms with Gasteiger partial charge in [-0.2, -0.15) is 0 Å². The number of nitrogens with two attached hydrogens (primary N) is 1. The summed E-state index contributed by atoms with van der Waals surface area (Å²) >= 11 is 0. The van der Waals surface area contributed by atoms with E-state index in [4.69, 9.17) is 5.73 Å². The van der Waals surface area contributed by atoms with E-state index in [9.17, 15) is 19.2 Å². The highest BCUT2D eigenvalue weighted by Crippen LogP contribution is 2.29. The van der Waals surface area contributed by atoms with Crippen LogP contribution in [0.5, 0.6) is 0 Å². The molecule has 1 fully saturated rings. The van der Waals surface area contributed by atoms with Gasteiger partial charge in [-0.3, -0.25) is 29.4 Å². The van der Waals surface area contributed by atoms with Crippen LogP contribution in [0.3, 0.4) is 0 Å². The van der Waals surface area contributed by atoms with Crippen molar-refractivity contribution in [2.45, 2.75) is 24.9 Å². The first kappa shape index (κ1) is 13.4. The number of hydrogen-bond donors (Lipinski definition) is 2. The number of fused-ring (bicyclic) bond motifs is 1. The number of amides is 4. The highest BCUT2D eigenvalue weighted by molar-refractivity contribution is 6.14. The van der Waals surface area contributed by atoms with Crippen LogP contribution in [0.15, 0.2) is 24.3 Å². The summed E-state index contributed by atoms with van der Waals surface area (Å²) in [5.41, 5.74) is 6.65. The van der Waals surface area contributed by atoms with Crippen LogP contribution in [0.1, 0.15) is 34.8 Å².